The van der Waals surface area contributed by atoms with Crippen molar-refractivity contribution in [3.05, 3.63) is 144 Å². The Morgan fingerprint density at radius 2 is 1.29 bits per heavy atom. The number of carboxylic acid groups (broad SMARTS) is 1. The van der Waals surface area contributed by atoms with E-state index in [0.29, 0.717) is 66.4 Å². The van der Waals surface area contributed by atoms with Crippen LogP contribution in [-0.2, 0) is 14.3 Å². The standard InChI is InChI=1S/C47H47N9O7/c1-54(47(61)62)40(33-13-7-4-8-14-33)45(59)56-26-10-16-36(56)43-51-37(39(52-43)41(48)57)32-23-19-29(20-24-32)28-17-21-30(22-18-28)34-27-49-42(50-34)35-15-9-25-55(35)44(58)38(53-46(60)63-2)31-11-5-3-6-12-31/h3-8,11-14,17-24,27,35-36,38,40H,9-10,15-16,25-26H2,1-2H3,(H2,48,57)(H,49,50)(H,51,52)(H,53,60)(H,61,62)/t35-,36-,38+,40+/m0/s1. The van der Waals surface area contributed by atoms with Crippen LogP contribution in [-0.4, -0.2) is 96.9 Å². The number of benzene rings is 4. The number of amides is 5. The predicted octanol–water partition coefficient (Wildman–Crippen LogP) is 7.01. The second-order valence-corrected chi connectivity index (χ2v) is 15.6. The Morgan fingerprint density at radius 1 is 0.746 bits per heavy atom. The third-order valence-corrected chi connectivity index (χ3v) is 11.8. The van der Waals surface area contributed by atoms with Crippen LogP contribution in [0.25, 0.3) is 33.6 Å². The quantitative estimate of drug-likeness (QED) is 0.0854. The molecule has 0 radical (unpaired) electrons. The molecule has 2 fully saturated rings. The van der Waals surface area contributed by atoms with E-state index in [2.05, 4.69) is 25.3 Å². The molecule has 0 spiro atoms. The van der Waals surface area contributed by atoms with Crippen molar-refractivity contribution in [1.29, 1.82) is 0 Å². The fourth-order valence-corrected chi connectivity index (χ4v) is 8.60. The number of hydrogen-bond acceptors (Lipinski definition) is 8. The number of nitrogens with one attached hydrogen (secondary N) is 3. The maximum atomic E-state index is 14.1. The number of likely N-dealkylation sites (N-methyl/N-ethyl adjacent to an activating group) is 1. The number of methoxy groups -OCH3 is 1. The van der Waals surface area contributed by atoms with Gasteiger partial charge in [0.2, 0.25) is 0 Å². The predicted molar refractivity (Wildman–Crippen MR) is 233 cm³/mol. The summed E-state index contributed by atoms with van der Waals surface area (Å²) in [6, 6.07) is 30.6. The lowest BCUT2D eigenvalue weighted by molar-refractivity contribution is -0.137. The van der Waals surface area contributed by atoms with Crippen LogP contribution in [0.1, 0.15) is 83.1 Å². The molecular formula is C47H47N9O7. The highest BCUT2D eigenvalue weighted by Gasteiger charge is 2.40. The molecular weight excluding hydrogens is 803 g/mol. The van der Waals surface area contributed by atoms with Crippen LogP contribution in [0, 0.1) is 0 Å². The van der Waals surface area contributed by atoms with Gasteiger partial charge in [-0.1, -0.05) is 109 Å². The molecule has 63 heavy (non-hydrogen) atoms. The molecule has 0 bridgehead atoms. The highest BCUT2D eigenvalue weighted by molar-refractivity contribution is 5.97. The number of likely N-dealkylation sites (tertiary alicyclic amines) is 2. The summed E-state index contributed by atoms with van der Waals surface area (Å²) in [5.41, 5.74) is 11.7. The molecule has 2 aliphatic heterocycles. The van der Waals surface area contributed by atoms with E-state index in [1.165, 1.54) is 14.2 Å². The molecule has 4 aromatic carbocycles. The van der Waals surface area contributed by atoms with E-state index in [9.17, 15) is 29.1 Å². The molecule has 2 aliphatic rings. The Labute approximate surface area is 363 Å². The largest absolute Gasteiger partial charge is 0.465 e. The van der Waals surface area contributed by atoms with Gasteiger partial charge in [0.05, 0.1) is 36.8 Å². The van der Waals surface area contributed by atoms with Crippen LogP contribution >= 0.6 is 0 Å². The first-order chi connectivity index (χ1) is 30.5. The van der Waals surface area contributed by atoms with E-state index >= 15 is 0 Å². The van der Waals surface area contributed by atoms with Crippen LogP contribution in [0.5, 0.6) is 0 Å². The summed E-state index contributed by atoms with van der Waals surface area (Å²) in [5, 5.41) is 12.5. The van der Waals surface area contributed by atoms with Crippen molar-refractivity contribution in [2.75, 3.05) is 27.2 Å². The van der Waals surface area contributed by atoms with Gasteiger partial charge in [-0.25, -0.2) is 19.6 Å². The summed E-state index contributed by atoms with van der Waals surface area (Å²) in [5.74, 6) is -0.292. The number of aromatic amines is 2. The molecule has 8 rings (SSSR count). The minimum atomic E-state index is -1.23. The number of alkyl carbamates (subject to hydrolysis) is 1. The molecule has 0 aliphatic carbocycles. The molecule has 322 valence electrons. The molecule has 5 amide bonds. The zero-order valence-corrected chi connectivity index (χ0v) is 34.7. The number of hydrogen-bond donors (Lipinski definition) is 5. The van der Waals surface area contributed by atoms with Gasteiger partial charge in [0, 0.05) is 25.7 Å². The van der Waals surface area contributed by atoms with E-state index in [0.717, 1.165) is 33.7 Å². The SMILES string of the molecule is COC(=O)N[C@@H](C(=O)N1CCC[C@H]1c1ncc(-c2ccc(-c3ccc(-c4[nH]c([C@@H]5CCCN5C(=O)[C@@H](c5ccccc5)N(C)C(=O)O)nc4C(N)=O)cc3)cc2)[nH]1)c1ccccc1. The number of nitrogens with two attached hydrogens (primary N) is 1. The molecule has 16 nitrogen and oxygen atoms in total. The number of H-pyrrole nitrogens is 2. The second kappa shape index (κ2) is 18.1. The minimum Gasteiger partial charge on any atom is -0.465 e. The summed E-state index contributed by atoms with van der Waals surface area (Å²) >= 11 is 0. The van der Waals surface area contributed by atoms with Gasteiger partial charge in [-0.15, -0.1) is 0 Å². The number of carbonyl (C=O) groups excluding carboxylic acids is 4. The third-order valence-electron chi connectivity index (χ3n) is 11.8. The molecule has 0 saturated carbocycles. The normalized spacial score (nSPS) is 16.9. The molecule has 4 atom stereocenters. The lowest BCUT2D eigenvalue weighted by Crippen LogP contribution is -2.43. The summed E-state index contributed by atoms with van der Waals surface area (Å²) in [4.78, 5) is 85.4. The summed E-state index contributed by atoms with van der Waals surface area (Å²) in [7, 11) is 2.64. The number of carbonyl (C=O) groups is 5. The van der Waals surface area contributed by atoms with E-state index in [1.807, 2.05) is 66.7 Å². The average molecular weight is 850 g/mol. The lowest BCUT2D eigenvalue weighted by atomic mass is 10.0. The number of nitrogens with zero attached hydrogens (tertiary/aromatic N) is 5. The van der Waals surface area contributed by atoms with Gasteiger partial charge >= 0.3 is 12.2 Å². The van der Waals surface area contributed by atoms with Crippen LogP contribution in [0.15, 0.2) is 115 Å². The maximum Gasteiger partial charge on any atom is 0.407 e. The fourth-order valence-electron chi connectivity index (χ4n) is 8.60. The molecule has 0 unspecified atom stereocenters. The van der Waals surface area contributed by atoms with Gasteiger partial charge in [0.25, 0.3) is 17.7 Å². The number of ether oxygens (including phenoxy) is 1. The van der Waals surface area contributed by atoms with E-state index in [-0.39, 0.29) is 23.6 Å². The van der Waals surface area contributed by atoms with E-state index in [1.54, 1.807) is 58.5 Å². The van der Waals surface area contributed by atoms with Gasteiger partial charge < -0.3 is 40.7 Å². The summed E-state index contributed by atoms with van der Waals surface area (Å²) in [6.45, 7) is 0.916. The highest BCUT2D eigenvalue weighted by Crippen LogP contribution is 2.38. The zero-order valence-electron chi connectivity index (χ0n) is 34.7. The number of aromatic nitrogens is 4. The first kappa shape index (κ1) is 42.0. The van der Waals surface area contributed by atoms with Crippen LogP contribution < -0.4 is 11.1 Å². The molecule has 16 heteroatoms. The Bertz CT molecular complexity index is 2610. The minimum absolute atomic E-state index is 0.0431. The Hall–Kier alpha value is -7.75. The van der Waals surface area contributed by atoms with Crippen LogP contribution in [0.4, 0.5) is 9.59 Å². The Morgan fingerprint density at radius 3 is 1.86 bits per heavy atom. The van der Waals surface area contributed by atoms with Crippen molar-refractivity contribution in [3.8, 4) is 33.6 Å². The molecule has 2 saturated heterocycles. The zero-order chi connectivity index (χ0) is 44.2. The summed E-state index contributed by atoms with van der Waals surface area (Å²) < 4.78 is 4.82. The Balaban J connectivity index is 0.975. The first-order valence-electron chi connectivity index (χ1n) is 20.7. The van der Waals surface area contributed by atoms with Crippen LogP contribution in [0.3, 0.4) is 0 Å². The molecule has 4 heterocycles. The van der Waals surface area contributed by atoms with E-state index < -0.39 is 36.2 Å². The van der Waals surface area contributed by atoms with Crippen molar-refractivity contribution in [1.82, 2.24) is 40.0 Å². The smallest absolute Gasteiger partial charge is 0.407 e. The van der Waals surface area contributed by atoms with Gasteiger partial charge in [0.1, 0.15) is 23.7 Å². The number of imidazole rings is 2. The van der Waals surface area contributed by atoms with Crippen LogP contribution in [0.2, 0.25) is 0 Å². The topological polar surface area (TPSA) is 220 Å². The van der Waals surface area contributed by atoms with Gasteiger partial charge in [0.15, 0.2) is 5.69 Å². The maximum absolute atomic E-state index is 14.1. The summed E-state index contributed by atoms with van der Waals surface area (Å²) in [6.07, 6.45) is 2.57. The van der Waals surface area contributed by atoms with Gasteiger partial charge in [-0.05, 0) is 53.5 Å². The van der Waals surface area contributed by atoms with Crippen molar-refractivity contribution < 1.29 is 33.8 Å². The molecule has 6 aromatic rings. The first-order valence-corrected chi connectivity index (χ1v) is 20.7. The number of primary amides is 1. The van der Waals surface area contributed by atoms with Crippen molar-refractivity contribution in [2.24, 2.45) is 5.73 Å². The van der Waals surface area contributed by atoms with Gasteiger partial charge in [-0.3, -0.25) is 19.3 Å². The highest BCUT2D eigenvalue weighted by atomic mass is 16.5. The third kappa shape index (κ3) is 8.60. The van der Waals surface area contributed by atoms with Gasteiger partial charge in [-0.2, -0.15) is 0 Å². The molecule has 2 aromatic heterocycles. The van der Waals surface area contributed by atoms with Crippen molar-refractivity contribution in [2.45, 2.75) is 49.9 Å². The lowest BCUT2D eigenvalue weighted by Gasteiger charge is -2.32. The van der Waals surface area contributed by atoms with E-state index in [4.69, 9.17) is 10.5 Å². The monoisotopic (exact) mass is 849 g/mol. The van der Waals surface area contributed by atoms with Crippen molar-refractivity contribution >= 4 is 29.9 Å². The molecule has 6 N–H and O–H groups in total. The second-order valence-electron chi connectivity index (χ2n) is 15.6. The Kier molecular flexibility index (Phi) is 12.0. The van der Waals surface area contributed by atoms with Crippen molar-refractivity contribution in [3.63, 3.8) is 0 Å². The number of rotatable bonds is 12. The fraction of sp³-hybridized carbons (Fsp3) is 0.255. The average Bonchev–Trinajstić information content (AvgIpc) is 4.16.